The fraction of sp³-hybridized carbons (Fsp3) is 0.400. The van der Waals surface area contributed by atoms with Crippen LogP contribution in [0.4, 0.5) is 8.78 Å². The molecule has 0 radical (unpaired) electrons. The summed E-state index contributed by atoms with van der Waals surface area (Å²) in [5.74, 6) is -1.98. The van der Waals surface area contributed by atoms with Gasteiger partial charge in [-0.1, -0.05) is 0 Å². The van der Waals surface area contributed by atoms with Crippen LogP contribution in [0.15, 0.2) is 12.1 Å². The summed E-state index contributed by atoms with van der Waals surface area (Å²) in [7, 11) is 1.31. The molecule has 1 aromatic carbocycles. The highest BCUT2D eigenvalue weighted by atomic mass is 19.2. The number of nitrogens with two attached hydrogens (primary N) is 1. The van der Waals surface area contributed by atoms with Crippen LogP contribution in [0.3, 0.4) is 0 Å². The quantitative estimate of drug-likeness (QED) is 0.803. The van der Waals surface area contributed by atoms with E-state index in [-0.39, 0.29) is 11.3 Å². The molecular weight excluding hydrogens is 204 g/mol. The summed E-state index contributed by atoms with van der Waals surface area (Å²) in [6.07, 6.45) is -1.09. The monoisotopic (exact) mass is 217 g/mol. The van der Waals surface area contributed by atoms with Crippen LogP contribution in [0.5, 0.6) is 5.75 Å². The molecule has 0 aliphatic rings. The van der Waals surface area contributed by atoms with E-state index in [1.54, 1.807) is 6.92 Å². The lowest BCUT2D eigenvalue weighted by Gasteiger charge is -2.18. The molecule has 0 heterocycles. The summed E-state index contributed by atoms with van der Waals surface area (Å²) in [4.78, 5) is 0. The number of aliphatic hydroxyl groups is 1. The predicted molar refractivity (Wildman–Crippen MR) is 51.5 cm³/mol. The zero-order valence-corrected chi connectivity index (χ0v) is 8.50. The van der Waals surface area contributed by atoms with Crippen LogP contribution in [0.25, 0.3) is 0 Å². The minimum absolute atomic E-state index is 0.0821. The highest BCUT2D eigenvalue weighted by molar-refractivity contribution is 5.37. The van der Waals surface area contributed by atoms with Crippen LogP contribution in [0, 0.1) is 11.6 Å². The fourth-order valence-corrected chi connectivity index (χ4v) is 1.24. The molecule has 1 aromatic rings. The molecule has 0 fully saturated rings. The van der Waals surface area contributed by atoms with Gasteiger partial charge in [-0.3, -0.25) is 0 Å². The van der Waals surface area contributed by atoms with Gasteiger partial charge >= 0.3 is 0 Å². The van der Waals surface area contributed by atoms with E-state index >= 15 is 0 Å². The summed E-state index contributed by atoms with van der Waals surface area (Å²) in [5, 5.41) is 9.63. The molecule has 15 heavy (non-hydrogen) atoms. The number of rotatable bonds is 3. The smallest absolute Gasteiger partial charge is 0.162 e. The van der Waals surface area contributed by atoms with Crippen molar-refractivity contribution in [1.82, 2.24) is 0 Å². The molecule has 2 atom stereocenters. The van der Waals surface area contributed by atoms with Gasteiger partial charge in [0.25, 0.3) is 0 Å². The first-order valence-corrected chi connectivity index (χ1v) is 4.44. The van der Waals surface area contributed by atoms with Crippen molar-refractivity contribution in [3.05, 3.63) is 29.3 Å². The second kappa shape index (κ2) is 4.55. The van der Waals surface area contributed by atoms with E-state index < -0.39 is 23.8 Å². The van der Waals surface area contributed by atoms with Crippen molar-refractivity contribution in [2.45, 2.75) is 19.1 Å². The molecule has 0 aliphatic carbocycles. The topological polar surface area (TPSA) is 55.5 Å². The second-order valence-electron chi connectivity index (χ2n) is 3.31. The molecule has 84 valence electrons. The Morgan fingerprint density at radius 2 is 1.87 bits per heavy atom. The van der Waals surface area contributed by atoms with E-state index in [1.165, 1.54) is 7.11 Å². The van der Waals surface area contributed by atoms with Crippen molar-refractivity contribution in [1.29, 1.82) is 0 Å². The van der Waals surface area contributed by atoms with Crippen LogP contribution in [0.1, 0.15) is 18.6 Å². The third-order valence-electron chi connectivity index (χ3n) is 2.09. The average Bonchev–Trinajstić information content (AvgIpc) is 2.20. The van der Waals surface area contributed by atoms with Crippen molar-refractivity contribution in [2.24, 2.45) is 5.73 Å². The highest BCUT2D eigenvalue weighted by Gasteiger charge is 2.20. The maximum Gasteiger partial charge on any atom is 0.162 e. The van der Waals surface area contributed by atoms with Crippen LogP contribution < -0.4 is 10.5 Å². The van der Waals surface area contributed by atoms with Gasteiger partial charge in [-0.2, -0.15) is 0 Å². The van der Waals surface area contributed by atoms with Gasteiger partial charge in [0.1, 0.15) is 5.75 Å². The SMILES string of the molecule is COc1cc(F)c(F)cc1[C@H](O)[C@@H](C)N. The van der Waals surface area contributed by atoms with Crippen LogP contribution >= 0.6 is 0 Å². The Balaban J connectivity index is 3.21. The molecule has 0 amide bonds. The first kappa shape index (κ1) is 11.9. The largest absolute Gasteiger partial charge is 0.496 e. The number of aliphatic hydroxyl groups excluding tert-OH is 1. The summed E-state index contributed by atoms with van der Waals surface area (Å²) in [6.45, 7) is 1.56. The molecule has 3 N–H and O–H groups in total. The van der Waals surface area contributed by atoms with E-state index in [9.17, 15) is 13.9 Å². The van der Waals surface area contributed by atoms with Gasteiger partial charge in [0, 0.05) is 17.7 Å². The molecule has 0 saturated carbocycles. The number of hydrogen-bond acceptors (Lipinski definition) is 3. The van der Waals surface area contributed by atoms with Crippen molar-refractivity contribution in [3.63, 3.8) is 0 Å². The summed E-state index contributed by atoms with van der Waals surface area (Å²) in [6, 6.07) is 1.18. The van der Waals surface area contributed by atoms with Crippen LogP contribution in [-0.4, -0.2) is 18.3 Å². The molecular formula is C10H13F2NO2. The second-order valence-corrected chi connectivity index (χ2v) is 3.31. The van der Waals surface area contributed by atoms with Gasteiger partial charge in [0.15, 0.2) is 11.6 Å². The lowest BCUT2D eigenvalue weighted by atomic mass is 10.0. The van der Waals surface area contributed by atoms with Gasteiger partial charge in [0.2, 0.25) is 0 Å². The maximum atomic E-state index is 12.9. The first-order valence-electron chi connectivity index (χ1n) is 4.44. The van der Waals surface area contributed by atoms with Crippen molar-refractivity contribution in [2.75, 3.05) is 7.11 Å². The molecule has 0 aromatic heterocycles. The molecule has 1 rings (SSSR count). The van der Waals surface area contributed by atoms with Crippen molar-refractivity contribution in [3.8, 4) is 5.75 Å². The summed E-state index contributed by atoms with van der Waals surface area (Å²) >= 11 is 0. The maximum absolute atomic E-state index is 12.9. The summed E-state index contributed by atoms with van der Waals surface area (Å²) in [5.41, 5.74) is 5.60. The molecule has 5 heteroatoms. The van der Waals surface area contributed by atoms with E-state index in [0.29, 0.717) is 0 Å². The van der Waals surface area contributed by atoms with Crippen molar-refractivity contribution >= 4 is 0 Å². The average molecular weight is 217 g/mol. The third kappa shape index (κ3) is 2.43. The number of benzene rings is 1. The van der Waals surface area contributed by atoms with E-state index in [0.717, 1.165) is 12.1 Å². The van der Waals surface area contributed by atoms with E-state index in [4.69, 9.17) is 10.5 Å². The zero-order valence-electron chi connectivity index (χ0n) is 8.50. The van der Waals surface area contributed by atoms with Crippen LogP contribution in [0.2, 0.25) is 0 Å². The van der Waals surface area contributed by atoms with Crippen molar-refractivity contribution < 1.29 is 18.6 Å². The third-order valence-corrected chi connectivity index (χ3v) is 2.09. The predicted octanol–water partition coefficient (Wildman–Crippen LogP) is 1.35. The van der Waals surface area contributed by atoms with Gasteiger partial charge in [0.05, 0.1) is 13.2 Å². The zero-order chi connectivity index (χ0) is 11.6. The Bertz CT molecular complexity index is 356. The summed E-state index contributed by atoms with van der Waals surface area (Å²) < 4.78 is 30.6. The van der Waals surface area contributed by atoms with E-state index in [1.807, 2.05) is 0 Å². The molecule has 0 aliphatic heterocycles. The van der Waals surface area contributed by atoms with Gasteiger partial charge in [-0.15, -0.1) is 0 Å². The lowest BCUT2D eigenvalue weighted by molar-refractivity contribution is 0.149. The lowest BCUT2D eigenvalue weighted by Crippen LogP contribution is -2.25. The first-order chi connectivity index (χ1) is 6.97. The molecule has 0 unspecified atom stereocenters. The number of methoxy groups -OCH3 is 1. The number of halogens is 2. The minimum Gasteiger partial charge on any atom is -0.496 e. The van der Waals surface area contributed by atoms with Gasteiger partial charge in [-0.05, 0) is 13.0 Å². The van der Waals surface area contributed by atoms with Gasteiger partial charge in [-0.25, -0.2) is 8.78 Å². The van der Waals surface area contributed by atoms with Gasteiger partial charge < -0.3 is 15.6 Å². The van der Waals surface area contributed by atoms with Crippen LogP contribution in [-0.2, 0) is 0 Å². The highest BCUT2D eigenvalue weighted by Crippen LogP contribution is 2.28. The normalized spacial score (nSPS) is 14.8. The molecule has 0 bridgehead atoms. The van der Waals surface area contributed by atoms with E-state index in [2.05, 4.69) is 0 Å². The number of ether oxygens (including phenoxy) is 1. The Morgan fingerprint density at radius 1 is 1.33 bits per heavy atom. The standard InChI is InChI=1S/C10H13F2NO2/c1-5(13)10(14)6-3-7(11)8(12)4-9(6)15-2/h3-5,10,14H,13H2,1-2H3/t5-,10-/m1/s1. The fourth-order valence-electron chi connectivity index (χ4n) is 1.24. The molecule has 0 saturated heterocycles. The molecule has 0 spiro atoms. The Morgan fingerprint density at radius 3 is 2.33 bits per heavy atom. The Kier molecular flexibility index (Phi) is 3.60. The minimum atomic E-state index is -1.09. The molecule has 3 nitrogen and oxygen atoms in total. The number of hydrogen-bond donors (Lipinski definition) is 2. The Labute approximate surface area is 86.5 Å². The Hall–Kier alpha value is -1.20.